The van der Waals surface area contributed by atoms with Gasteiger partial charge in [0, 0.05) is 30.1 Å². The second-order valence-corrected chi connectivity index (χ2v) is 5.88. The minimum Gasteiger partial charge on any atom is -0.370 e. The number of aromatic nitrogens is 3. The molecule has 0 radical (unpaired) electrons. The molecule has 3 rings (SSSR count). The molecular formula is C20H21N5O. The van der Waals surface area contributed by atoms with Crippen molar-refractivity contribution in [2.24, 2.45) is 5.73 Å². The molecule has 0 atom stereocenters. The minimum atomic E-state index is -0.414. The number of primary amides is 1. The van der Waals surface area contributed by atoms with E-state index in [0.717, 1.165) is 35.6 Å². The predicted octanol–water partition coefficient (Wildman–Crippen LogP) is 2.85. The topological polar surface area (TPSA) is 93.8 Å². The first-order chi connectivity index (χ1) is 12.7. The van der Waals surface area contributed by atoms with Crippen molar-refractivity contribution in [3.05, 3.63) is 71.5 Å². The number of hydrogen-bond donors (Lipinski definition) is 2. The molecule has 2 heterocycles. The number of carbonyl (C=O) groups is 1. The summed E-state index contributed by atoms with van der Waals surface area (Å²) in [5.74, 6) is 0.968. The Hall–Kier alpha value is -3.28. The van der Waals surface area contributed by atoms with E-state index >= 15 is 0 Å². The van der Waals surface area contributed by atoms with Gasteiger partial charge in [-0.15, -0.1) is 0 Å². The molecule has 0 saturated carbocycles. The summed E-state index contributed by atoms with van der Waals surface area (Å²) in [7, 11) is 0. The van der Waals surface area contributed by atoms with Crippen LogP contribution in [0.15, 0.2) is 54.7 Å². The molecule has 132 valence electrons. The highest BCUT2D eigenvalue weighted by atomic mass is 16.1. The number of nitrogens with one attached hydrogen (secondary N) is 1. The van der Waals surface area contributed by atoms with Gasteiger partial charge in [-0.2, -0.15) is 0 Å². The molecule has 1 aromatic carbocycles. The molecule has 1 amide bonds. The monoisotopic (exact) mass is 347 g/mol. The number of anilines is 1. The van der Waals surface area contributed by atoms with Gasteiger partial charge in [0.15, 0.2) is 5.82 Å². The van der Waals surface area contributed by atoms with E-state index in [-0.39, 0.29) is 0 Å². The largest absolute Gasteiger partial charge is 0.370 e. The van der Waals surface area contributed by atoms with E-state index in [4.69, 9.17) is 5.73 Å². The summed E-state index contributed by atoms with van der Waals surface area (Å²) >= 11 is 0. The minimum absolute atomic E-state index is 0.414. The fourth-order valence-corrected chi connectivity index (χ4v) is 2.59. The number of rotatable bonds is 7. The summed E-state index contributed by atoms with van der Waals surface area (Å²) < 4.78 is 0. The van der Waals surface area contributed by atoms with Crippen LogP contribution in [-0.4, -0.2) is 27.4 Å². The van der Waals surface area contributed by atoms with E-state index in [2.05, 4.69) is 27.2 Å². The number of pyridine rings is 1. The van der Waals surface area contributed by atoms with E-state index in [1.165, 1.54) is 0 Å². The first-order valence-electron chi connectivity index (χ1n) is 8.57. The Labute approximate surface area is 152 Å². The lowest BCUT2D eigenvalue weighted by Gasteiger charge is -2.10. The molecule has 0 saturated heterocycles. The first kappa shape index (κ1) is 17.5. The molecule has 0 spiro atoms. The van der Waals surface area contributed by atoms with Crippen LogP contribution in [0.4, 0.5) is 5.82 Å². The van der Waals surface area contributed by atoms with Crippen LogP contribution in [0.3, 0.4) is 0 Å². The summed E-state index contributed by atoms with van der Waals surface area (Å²) in [6.07, 6.45) is 3.30. The third-order valence-corrected chi connectivity index (χ3v) is 3.97. The molecular weight excluding hydrogens is 326 g/mol. The predicted molar refractivity (Wildman–Crippen MR) is 102 cm³/mol. The Balaban J connectivity index is 1.72. The highest BCUT2D eigenvalue weighted by Gasteiger charge is 2.07. The molecule has 26 heavy (non-hydrogen) atoms. The molecule has 6 heteroatoms. The van der Waals surface area contributed by atoms with Crippen LogP contribution in [-0.2, 0) is 12.8 Å². The number of nitrogens with two attached hydrogens (primary N) is 1. The van der Waals surface area contributed by atoms with Crippen molar-refractivity contribution in [3.63, 3.8) is 0 Å². The van der Waals surface area contributed by atoms with Crippen LogP contribution >= 0.6 is 0 Å². The fourth-order valence-electron chi connectivity index (χ4n) is 2.59. The van der Waals surface area contributed by atoms with Crippen molar-refractivity contribution in [1.29, 1.82) is 0 Å². The number of nitrogens with zero attached hydrogens (tertiary/aromatic N) is 3. The van der Waals surface area contributed by atoms with Crippen LogP contribution in [0.1, 0.15) is 28.5 Å². The van der Waals surface area contributed by atoms with E-state index in [1.807, 2.05) is 42.5 Å². The van der Waals surface area contributed by atoms with Crippen molar-refractivity contribution < 1.29 is 4.79 Å². The standard InChI is InChI=1S/C20H21N5O/c1-2-16-13-18(25-20(24-16)17-8-3-4-10-22-17)23-11-9-14-6-5-7-15(12-14)19(21)26/h3-8,10,12-13H,2,9,11H2,1H3,(H2,21,26)(H,23,24,25). The average molecular weight is 347 g/mol. The molecule has 0 aliphatic rings. The van der Waals surface area contributed by atoms with E-state index < -0.39 is 5.91 Å². The van der Waals surface area contributed by atoms with Crippen LogP contribution in [0.25, 0.3) is 11.5 Å². The maximum Gasteiger partial charge on any atom is 0.248 e. The third kappa shape index (κ3) is 4.42. The van der Waals surface area contributed by atoms with Gasteiger partial charge in [0.05, 0.1) is 0 Å². The summed E-state index contributed by atoms with van der Waals surface area (Å²) in [6, 6.07) is 15.0. The number of aryl methyl sites for hydroxylation is 1. The smallest absolute Gasteiger partial charge is 0.248 e. The summed E-state index contributed by atoms with van der Waals surface area (Å²) in [5.41, 5.74) is 8.60. The first-order valence-corrected chi connectivity index (χ1v) is 8.57. The maximum atomic E-state index is 11.3. The van der Waals surface area contributed by atoms with E-state index in [0.29, 0.717) is 17.9 Å². The lowest BCUT2D eigenvalue weighted by Crippen LogP contribution is -2.12. The van der Waals surface area contributed by atoms with Crippen molar-refractivity contribution in [3.8, 4) is 11.5 Å². The fraction of sp³-hybridized carbons (Fsp3) is 0.200. The quantitative estimate of drug-likeness (QED) is 0.685. The molecule has 2 aromatic heterocycles. The summed E-state index contributed by atoms with van der Waals surface area (Å²) in [6.45, 7) is 2.74. The SMILES string of the molecule is CCc1cc(NCCc2cccc(C(N)=O)c2)nc(-c2ccccn2)n1. The normalized spacial score (nSPS) is 10.5. The van der Waals surface area contributed by atoms with Crippen LogP contribution in [0.2, 0.25) is 0 Å². The van der Waals surface area contributed by atoms with Gasteiger partial charge in [-0.05, 0) is 42.7 Å². The van der Waals surface area contributed by atoms with Crippen molar-refractivity contribution in [1.82, 2.24) is 15.0 Å². The number of amides is 1. The van der Waals surface area contributed by atoms with E-state index in [1.54, 1.807) is 12.3 Å². The molecule has 3 N–H and O–H groups in total. The zero-order valence-corrected chi connectivity index (χ0v) is 14.6. The summed E-state index contributed by atoms with van der Waals surface area (Å²) in [5, 5.41) is 3.33. The van der Waals surface area contributed by atoms with Gasteiger partial charge in [0.1, 0.15) is 11.5 Å². The van der Waals surface area contributed by atoms with Crippen LogP contribution in [0.5, 0.6) is 0 Å². The molecule has 0 fully saturated rings. The second-order valence-electron chi connectivity index (χ2n) is 5.88. The zero-order valence-electron chi connectivity index (χ0n) is 14.6. The van der Waals surface area contributed by atoms with Gasteiger partial charge in [-0.25, -0.2) is 9.97 Å². The Morgan fingerprint density at radius 1 is 1.12 bits per heavy atom. The number of carbonyl (C=O) groups excluding carboxylic acids is 1. The molecule has 0 aliphatic heterocycles. The Morgan fingerprint density at radius 2 is 2.00 bits per heavy atom. The summed E-state index contributed by atoms with van der Waals surface area (Å²) in [4.78, 5) is 24.7. The maximum absolute atomic E-state index is 11.3. The van der Waals surface area contributed by atoms with Crippen molar-refractivity contribution in [2.75, 3.05) is 11.9 Å². The lowest BCUT2D eigenvalue weighted by molar-refractivity contribution is 0.1000. The molecule has 3 aromatic rings. The highest BCUT2D eigenvalue weighted by molar-refractivity contribution is 5.92. The van der Waals surface area contributed by atoms with Gasteiger partial charge in [0.2, 0.25) is 5.91 Å². The second kappa shape index (κ2) is 8.20. The molecule has 0 unspecified atom stereocenters. The third-order valence-electron chi connectivity index (χ3n) is 3.97. The average Bonchev–Trinajstić information content (AvgIpc) is 2.68. The molecule has 0 bridgehead atoms. The van der Waals surface area contributed by atoms with Crippen LogP contribution < -0.4 is 11.1 Å². The molecule has 6 nitrogen and oxygen atoms in total. The van der Waals surface area contributed by atoms with Crippen LogP contribution in [0, 0.1) is 0 Å². The van der Waals surface area contributed by atoms with Gasteiger partial charge in [-0.3, -0.25) is 9.78 Å². The van der Waals surface area contributed by atoms with Gasteiger partial charge in [0.25, 0.3) is 0 Å². The van der Waals surface area contributed by atoms with Crippen molar-refractivity contribution >= 4 is 11.7 Å². The lowest BCUT2D eigenvalue weighted by atomic mass is 10.1. The number of benzene rings is 1. The molecule has 0 aliphatic carbocycles. The highest BCUT2D eigenvalue weighted by Crippen LogP contribution is 2.16. The van der Waals surface area contributed by atoms with Gasteiger partial charge in [-0.1, -0.05) is 25.1 Å². The zero-order chi connectivity index (χ0) is 18.4. The number of hydrogen-bond acceptors (Lipinski definition) is 5. The Morgan fingerprint density at radius 3 is 2.73 bits per heavy atom. The van der Waals surface area contributed by atoms with Gasteiger partial charge >= 0.3 is 0 Å². The Kier molecular flexibility index (Phi) is 5.53. The Bertz CT molecular complexity index is 896. The van der Waals surface area contributed by atoms with Gasteiger partial charge < -0.3 is 11.1 Å². The van der Waals surface area contributed by atoms with E-state index in [9.17, 15) is 4.79 Å². The van der Waals surface area contributed by atoms with Crippen molar-refractivity contribution in [2.45, 2.75) is 19.8 Å².